The molecule has 0 unspecified atom stereocenters. The molecule has 0 radical (unpaired) electrons. The van der Waals surface area contributed by atoms with Crippen LogP contribution in [0.1, 0.15) is 63.7 Å². The molecular weight excluding hydrogens is 509 g/mol. The summed E-state index contributed by atoms with van der Waals surface area (Å²) in [5.74, 6) is 3.52. The van der Waals surface area contributed by atoms with Crippen molar-refractivity contribution < 1.29 is 14.0 Å². The number of ether oxygens (including phenoxy) is 2. The van der Waals surface area contributed by atoms with E-state index in [9.17, 15) is 0 Å². The molecule has 9 heteroatoms. The van der Waals surface area contributed by atoms with Crippen LogP contribution in [0, 0.1) is 0 Å². The number of aliphatic imine (C=N–C) groups is 1. The maximum atomic E-state index is 6.27. The van der Waals surface area contributed by atoms with Crippen LogP contribution in [0.25, 0.3) is 0 Å². The lowest BCUT2D eigenvalue weighted by atomic mass is 9.97. The fraction of sp³-hybridized carbons (Fsp3) is 0.591. The fourth-order valence-electron chi connectivity index (χ4n) is 3.30. The van der Waals surface area contributed by atoms with Crippen molar-refractivity contribution in [3.8, 4) is 11.5 Å². The van der Waals surface area contributed by atoms with Crippen LogP contribution in [0.2, 0.25) is 0 Å². The van der Waals surface area contributed by atoms with Gasteiger partial charge in [0.05, 0.1) is 19.8 Å². The first-order valence-corrected chi connectivity index (χ1v) is 10.5. The van der Waals surface area contributed by atoms with Gasteiger partial charge in [0.15, 0.2) is 11.8 Å². The summed E-state index contributed by atoms with van der Waals surface area (Å²) in [6.45, 7) is 7.12. The number of benzene rings is 1. The molecule has 2 aromatic rings. The van der Waals surface area contributed by atoms with E-state index in [2.05, 4.69) is 25.8 Å². The fourth-order valence-corrected chi connectivity index (χ4v) is 3.30. The molecule has 31 heavy (non-hydrogen) atoms. The van der Waals surface area contributed by atoms with Gasteiger partial charge in [0.25, 0.3) is 0 Å². The van der Waals surface area contributed by atoms with Crippen LogP contribution in [0.4, 0.5) is 0 Å². The normalized spacial score (nSPS) is 14.8. The van der Waals surface area contributed by atoms with Gasteiger partial charge in [-0.05, 0) is 37.8 Å². The Labute approximate surface area is 201 Å². The SMILES string of the molecule is CN=C(NCc1noc(C(C)(C)C)n1)NCc1ccc(OC)cc1OC1CCCC1.I. The van der Waals surface area contributed by atoms with Crippen molar-refractivity contribution in [3.05, 3.63) is 35.5 Å². The van der Waals surface area contributed by atoms with Crippen LogP contribution in [0.15, 0.2) is 27.7 Å². The first kappa shape index (κ1) is 25.2. The molecule has 2 N–H and O–H groups in total. The molecule has 1 aliphatic carbocycles. The van der Waals surface area contributed by atoms with Crippen molar-refractivity contribution in [2.75, 3.05) is 14.2 Å². The molecule has 0 amide bonds. The zero-order valence-electron chi connectivity index (χ0n) is 19.0. The summed E-state index contributed by atoms with van der Waals surface area (Å²) >= 11 is 0. The van der Waals surface area contributed by atoms with Crippen molar-refractivity contribution in [1.82, 2.24) is 20.8 Å². The van der Waals surface area contributed by atoms with Gasteiger partial charge in [0.2, 0.25) is 5.89 Å². The lowest BCUT2D eigenvalue weighted by molar-refractivity contribution is 0.207. The Morgan fingerprint density at radius 2 is 1.90 bits per heavy atom. The zero-order chi connectivity index (χ0) is 21.6. The van der Waals surface area contributed by atoms with Gasteiger partial charge in [-0.15, -0.1) is 24.0 Å². The second-order valence-corrected chi connectivity index (χ2v) is 8.54. The van der Waals surface area contributed by atoms with Crippen LogP contribution >= 0.6 is 24.0 Å². The second-order valence-electron chi connectivity index (χ2n) is 8.54. The van der Waals surface area contributed by atoms with Crippen LogP contribution < -0.4 is 20.1 Å². The quantitative estimate of drug-likeness (QED) is 0.308. The minimum absolute atomic E-state index is 0. The highest BCUT2D eigenvalue weighted by Crippen LogP contribution is 2.30. The molecule has 0 bridgehead atoms. The third kappa shape index (κ3) is 7.26. The van der Waals surface area contributed by atoms with E-state index < -0.39 is 0 Å². The lowest BCUT2D eigenvalue weighted by Gasteiger charge is -2.18. The first-order chi connectivity index (χ1) is 14.4. The van der Waals surface area contributed by atoms with Crippen LogP contribution in [0.3, 0.4) is 0 Å². The topological polar surface area (TPSA) is 93.8 Å². The molecular formula is C22H34IN5O3. The summed E-state index contributed by atoms with van der Waals surface area (Å²) < 4.78 is 17.0. The summed E-state index contributed by atoms with van der Waals surface area (Å²) in [4.78, 5) is 8.72. The van der Waals surface area contributed by atoms with E-state index in [0.29, 0.717) is 30.8 Å². The van der Waals surface area contributed by atoms with Crippen molar-refractivity contribution in [1.29, 1.82) is 0 Å². The Morgan fingerprint density at radius 1 is 1.19 bits per heavy atom. The van der Waals surface area contributed by atoms with E-state index in [4.69, 9.17) is 14.0 Å². The minimum Gasteiger partial charge on any atom is -0.497 e. The van der Waals surface area contributed by atoms with Crippen molar-refractivity contribution in [2.24, 2.45) is 4.99 Å². The van der Waals surface area contributed by atoms with E-state index in [1.165, 1.54) is 12.8 Å². The minimum atomic E-state index is -0.171. The number of aromatic nitrogens is 2. The molecule has 1 heterocycles. The maximum Gasteiger partial charge on any atom is 0.232 e. The molecule has 0 atom stereocenters. The van der Waals surface area contributed by atoms with Gasteiger partial charge in [0.1, 0.15) is 11.5 Å². The number of hydrogen-bond acceptors (Lipinski definition) is 6. The van der Waals surface area contributed by atoms with Gasteiger partial charge in [-0.25, -0.2) is 0 Å². The molecule has 0 spiro atoms. The van der Waals surface area contributed by atoms with E-state index in [1.807, 2.05) is 39.0 Å². The monoisotopic (exact) mass is 543 g/mol. The predicted octanol–water partition coefficient (Wildman–Crippen LogP) is 4.18. The number of hydrogen-bond donors (Lipinski definition) is 2. The molecule has 1 aromatic heterocycles. The average Bonchev–Trinajstić information content (AvgIpc) is 3.40. The van der Waals surface area contributed by atoms with E-state index in [0.717, 1.165) is 29.9 Å². The standard InChI is InChI=1S/C22H33N5O3.HI/c1-22(2,3)20-26-19(27-30-20)14-25-21(23-4)24-13-15-10-11-17(28-5)12-18(15)29-16-8-6-7-9-16;/h10-12,16H,6-9,13-14H2,1-5H3,(H2,23,24,25);1H. The smallest absolute Gasteiger partial charge is 0.232 e. The highest BCUT2D eigenvalue weighted by atomic mass is 127. The van der Waals surface area contributed by atoms with E-state index >= 15 is 0 Å². The summed E-state index contributed by atoms with van der Waals surface area (Å²) in [6.07, 6.45) is 4.95. The summed E-state index contributed by atoms with van der Waals surface area (Å²) in [5.41, 5.74) is 0.884. The zero-order valence-corrected chi connectivity index (χ0v) is 21.4. The number of guanidine groups is 1. The molecule has 3 rings (SSSR count). The number of nitrogens with one attached hydrogen (secondary N) is 2. The Balaban J connectivity index is 0.00000341. The highest BCUT2D eigenvalue weighted by molar-refractivity contribution is 14.0. The lowest BCUT2D eigenvalue weighted by Crippen LogP contribution is -2.36. The summed E-state index contributed by atoms with van der Waals surface area (Å²) in [6, 6.07) is 5.93. The molecule has 172 valence electrons. The Bertz CT molecular complexity index is 857. The van der Waals surface area contributed by atoms with Crippen molar-refractivity contribution in [2.45, 2.75) is 71.1 Å². The third-order valence-corrected chi connectivity index (χ3v) is 5.06. The molecule has 1 saturated carbocycles. The molecule has 1 aromatic carbocycles. The van der Waals surface area contributed by atoms with Crippen LogP contribution in [0.5, 0.6) is 11.5 Å². The Kier molecular flexibility index (Phi) is 9.39. The Morgan fingerprint density at radius 3 is 2.52 bits per heavy atom. The molecule has 1 fully saturated rings. The predicted molar refractivity (Wildman–Crippen MR) is 131 cm³/mol. The largest absolute Gasteiger partial charge is 0.497 e. The molecule has 0 aliphatic heterocycles. The number of rotatable bonds is 7. The highest BCUT2D eigenvalue weighted by Gasteiger charge is 2.22. The Hall–Kier alpha value is -2.04. The van der Waals surface area contributed by atoms with E-state index in [1.54, 1.807) is 14.2 Å². The van der Waals surface area contributed by atoms with Crippen LogP contribution in [-0.4, -0.2) is 36.4 Å². The van der Waals surface area contributed by atoms with Gasteiger partial charge < -0.3 is 24.6 Å². The summed E-state index contributed by atoms with van der Waals surface area (Å²) in [7, 11) is 3.40. The van der Waals surface area contributed by atoms with Gasteiger partial charge in [-0.1, -0.05) is 25.9 Å². The van der Waals surface area contributed by atoms with Gasteiger partial charge >= 0.3 is 0 Å². The van der Waals surface area contributed by atoms with E-state index in [-0.39, 0.29) is 35.5 Å². The number of nitrogens with zero attached hydrogens (tertiary/aromatic N) is 3. The second kappa shape index (κ2) is 11.5. The number of halogens is 1. The first-order valence-electron chi connectivity index (χ1n) is 10.5. The third-order valence-electron chi connectivity index (χ3n) is 5.06. The molecule has 1 aliphatic rings. The van der Waals surface area contributed by atoms with Gasteiger partial charge in [-0.2, -0.15) is 4.98 Å². The molecule has 8 nitrogen and oxygen atoms in total. The van der Waals surface area contributed by atoms with Gasteiger partial charge in [0, 0.05) is 30.6 Å². The van der Waals surface area contributed by atoms with Gasteiger partial charge in [-0.3, -0.25) is 4.99 Å². The number of methoxy groups -OCH3 is 1. The summed E-state index contributed by atoms with van der Waals surface area (Å²) in [5, 5.41) is 10.6. The maximum absolute atomic E-state index is 6.27. The van der Waals surface area contributed by atoms with Crippen LogP contribution in [-0.2, 0) is 18.5 Å². The molecule has 0 saturated heterocycles. The van der Waals surface area contributed by atoms with Crippen molar-refractivity contribution in [3.63, 3.8) is 0 Å². The average molecular weight is 543 g/mol. The van der Waals surface area contributed by atoms with Crippen molar-refractivity contribution >= 4 is 29.9 Å².